The largest absolute Gasteiger partial charge is 0.480 e. The molecule has 0 aromatic carbocycles. The smallest absolute Gasteiger partial charge is 0.326 e. The van der Waals surface area contributed by atoms with E-state index < -0.39 is 12.0 Å². The summed E-state index contributed by atoms with van der Waals surface area (Å²) in [5.41, 5.74) is 0.747. The predicted molar refractivity (Wildman–Crippen MR) is 99.8 cm³/mol. The maximum atomic E-state index is 12.2. The van der Waals surface area contributed by atoms with Gasteiger partial charge in [0.25, 0.3) is 0 Å². The quantitative estimate of drug-likeness (QED) is 0.405. The zero-order chi connectivity index (χ0) is 19.2. The molecule has 0 saturated heterocycles. The van der Waals surface area contributed by atoms with E-state index in [2.05, 4.69) is 17.2 Å². The highest BCUT2D eigenvalue weighted by Gasteiger charge is 2.26. The van der Waals surface area contributed by atoms with Crippen LogP contribution in [0.2, 0.25) is 0 Å². The van der Waals surface area contributed by atoms with E-state index in [9.17, 15) is 14.7 Å². The van der Waals surface area contributed by atoms with Crippen molar-refractivity contribution in [1.29, 1.82) is 0 Å². The second-order valence-electron chi connectivity index (χ2n) is 6.61. The van der Waals surface area contributed by atoms with Crippen molar-refractivity contribution in [2.24, 2.45) is 5.92 Å². The van der Waals surface area contributed by atoms with E-state index in [1.165, 1.54) is 0 Å². The number of carboxylic acid groups (broad SMARTS) is 1. The minimum atomic E-state index is -0.999. The van der Waals surface area contributed by atoms with E-state index in [0.29, 0.717) is 45.8 Å². The zero-order valence-electron chi connectivity index (χ0n) is 15.9. The van der Waals surface area contributed by atoms with Crippen molar-refractivity contribution in [3.63, 3.8) is 0 Å². The van der Waals surface area contributed by atoms with Crippen LogP contribution in [-0.4, -0.2) is 56.0 Å². The van der Waals surface area contributed by atoms with E-state index in [4.69, 9.17) is 9.47 Å². The number of rotatable bonds is 14. The van der Waals surface area contributed by atoms with E-state index in [-0.39, 0.29) is 11.8 Å². The van der Waals surface area contributed by atoms with Gasteiger partial charge in [-0.1, -0.05) is 25.8 Å². The average molecular weight is 370 g/mol. The summed E-state index contributed by atoms with van der Waals surface area (Å²) >= 11 is 0. The first-order chi connectivity index (χ1) is 12.5. The minimum absolute atomic E-state index is 0.0410. The maximum Gasteiger partial charge on any atom is 0.326 e. The van der Waals surface area contributed by atoms with Gasteiger partial charge in [0.05, 0.1) is 19.8 Å². The number of nitrogens with one attached hydrogen (secondary N) is 2. The lowest BCUT2D eigenvalue weighted by Crippen LogP contribution is -2.44. The van der Waals surface area contributed by atoms with Crippen molar-refractivity contribution < 1.29 is 24.2 Å². The first-order valence-corrected chi connectivity index (χ1v) is 9.65. The molecule has 1 rings (SSSR count). The Labute approximate surface area is 156 Å². The third-order valence-electron chi connectivity index (χ3n) is 4.52. The van der Waals surface area contributed by atoms with Crippen LogP contribution >= 0.6 is 0 Å². The number of carbonyl (C=O) groups excluding carboxylic acids is 1. The fourth-order valence-corrected chi connectivity index (χ4v) is 2.98. The lowest BCUT2D eigenvalue weighted by Gasteiger charge is -2.23. The van der Waals surface area contributed by atoms with Gasteiger partial charge >= 0.3 is 5.97 Å². The van der Waals surface area contributed by atoms with Crippen molar-refractivity contribution in [3.8, 4) is 0 Å². The van der Waals surface area contributed by atoms with Gasteiger partial charge < -0.3 is 25.2 Å². The van der Waals surface area contributed by atoms with Crippen molar-refractivity contribution in [3.05, 3.63) is 12.3 Å². The molecule has 0 spiro atoms. The highest BCUT2D eigenvalue weighted by atomic mass is 16.5. The fraction of sp³-hybridized carbons (Fsp3) is 0.789. The molecule has 7 nitrogen and oxygen atoms in total. The van der Waals surface area contributed by atoms with Gasteiger partial charge in [-0.25, -0.2) is 4.79 Å². The molecule has 1 aliphatic carbocycles. The summed E-state index contributed by atoms with van der Waals surface area (Å²) in [5, 5.41) is 15.2. The summed E-state index contributed by atoms with van der Waals surface area (Å²) in [6, 6.07) is -0.870. The topological polar surface area (TPSA) is 96.9 Å². The monoisotopic (exact) mass is 370 g/mol. The third-order valence-corrected chi connectivity index (χ3v) is 4.52. The van der Waals surface area contributed by atoms with Crippen LogP contribution in [0.15, 0.2) is 12.3 Å². The zero-order valence-corrected chi connectivity index (χ0v) is 15.9. The number of ether oxygens (including phenoxy) is 2. The van der Waals surface area contributed by atoms with E-state index in [1.807, 2.05) is 6.92 Å². The summed E-state index contributed by atoms with van der Waals surface area (Å²) in [6.45, 7) is 8.80. The van der Waals surface area contributed by atoms with Crippen LogP contribution in [0.25, 0.3) is 0 Å². The highest BCUT2D eigenvalue weighted by molar-refractivity contribution is 5.85. The molecule has 1 amide bonds. The molecule has 3 N–H and O–H groups in total. The Morgan fingerprint density at radius 3 is 2.50 bits per heavy atom. The van der Waals surface area contributed by atoms with Crippen LogP contribution in [0, 0.1) is 5.92 Å². The number of carboxylic acids is 1. The van der Waals surface area contributed by atoms with Crippen molar-refractivity contribution >= 4 is 11.9 Å². The molecule has 1 atom stereocenters. The number of carbonyl (C=O) groups is 2. The Balaban J connectivity index is 2.20. The van der Waals surface area contributed by atoms with Crippen molar-refractivity contribution in [2.45, 2.75) is 57.9 Å². The van der Waals surface area contributed by atoms with Crippen LogP contribution in [0.4, 0.5) is 0 Å². The molecule has 26 heavy (non-hydrogen) atoms. The molecule has 150 valence electrons. The van der Waals surface area contributed by atoms with Gasteiger partial charge in [-0.2, -0.15) is 0 Å². The Morgan fingerprint density at radius 2 is 1.85 bits per heavy atom. The van der Waals surface area contributed by atoms with Crippen LogP contribution in [0.3, 0.4) is 0 Å². The number of hydrogen-bond acceptors (Lipinski definition) is 5. The summed E-state index contributed by atoms with van der Waals surface area (Å²) in [7, 11) is 0. The van der Waals surface area contributed by atoms with Gasteiger partial charge in [0.15, 0.2) is 0 Å². The first-order valence-electron chi connectivity index (χ1n) is 9.65. The Morgan fingerprint density at radius 1 is 1.15 bits per heavy atom. The number of allylic oxidation sites excluding steroid dienone is 1. The number of amides is 1. The molecule has 7 heteroatoms. The third kappa shape index (κ3) is 9.77. The van der Waals surface area contributed by atoms with Crippen LogP contribution < -0.4 is 10.6 Å². The molecular formula is C19H34N2O5. The molecule has 0 heterocycles. The van der Waals surface area contributed by atoms with Gasteiger partial charge in [-0.05, 0) is 32.6 Å². The molecule has 0 bridgehead atoms. The standard InChI is InChI=1S/C19H34N2O5/c1-3-25-13-14-26-12-11-20-15(2)9-10-17(19(23)24)21-18(22)16-7-5-4-6-8-16/h16-17,20H,2-14H2,1H3,(H,21,22)(H,23,24). The van der Waals surface area contributed by atoms with Gasteiger partial charge in [0.1, 0.15) is 6.04 Å². The first kappa shape index (κ1) is 22.4. The lowest BCUT2D eigenvalue weighted by atomic mass is 9.88. The van der Waals surface area contributed by atoms with E-state index in [0.717, 1.165) is 37.8 Å². The number of hydrogen-bond donors (Lipinski definition) is 3. The summed E-state index contributed by atoms with van der Waals surface area (Å²) < 4.78 is 10.6. The summed E-state index contributed by atoms with van der Waals surface area (Å²) in [5.74, 6) is -1.17. The molecule has 1 aliphatic rings. The van der Waals surface area contributed by atoms with Crippen LogP contribution in [0.5, 0.6) is 0 Å². The van der Waals surface area contributed by atoms with Gasteiger partial charge in [0.2, 0.25) is 5.91 Å². The number of aliphatic carboxylic acids is 1. The van der Waals surface area contributed by atoms with Gasteiger partial charge in [-0.15, -0.1) is 0 Å². The summed E-state index contributed by atoms with van der Waals surface area (Å²) in [6.07, 6.45) is 5.77. The molecular weight excluding hydrogens is 336 g/mol. The SMILES string of the molecule is C=C(CCC(NC(=O)C1CCCCC1)C(=O)O)NCCOCCOCC. The Hall–Kier alpha value is -1.60. The molecule has 1 saturated carbocycles. The van der Waals surface area contributed by atoms with Crippen LogP contribution in [0.1, 0.15) is 51.9 Å². The summed E-state index contributed by atoms with van der Waals surface area (Å²) in [4.78, 5) is 23.7. The Kier molecular flexibility index (Phi) is 11.7. The molecule has 1 unspecified atom stereocenters. The molecule has 0 aromatic heterocycles. The fourth-order valence-electron chi connectivity index (χ4n) is 2.98. The van der Waals surface area contributed by atoms with E-state index in [1.54, 1.807) is 0 Å². The average Bonchev–Trinajstić information content (AvgIpc) is 2.64. The van der Waals surface area contributed by atoms with E-state index >= 15 is 0 Å². The Bertz CT molecular complexity index is 436. The second kappa shape index (κ2) is 13.6. The minimum Gasteiger partial charge on any atom is -0.480 e. The maximum absolute atomic E-state index is 12.2. The van der Waals surface area contributed by atoms with Gasteiger partial charge in [-0.3, -0.25) is 4.79 Å². The lowest BCUT2D eigenvalue weighted by molar-refractivity contribution is -0.142. The predicted octanol–water partition coefficient (Wildman–Crippen LogP) is 2.07. The molecule has 0 radical (unpaired) electrons. The van der Waals surface area contributed by atoms with Crippen LogP contribution in [-0.2, 0) is 19.1 Å². The molecule has 1 fully saturated rings. The highest BCUT2D eigenvalue weighted by Crippen LogP contribution is 2.23. The van der Waals surface area contributed by atoms with Gasteiger partial charge in [0, 0.05) is 24.8 Å². The van der Waals surface area contributed by atoms with Crippen molar-refractivity contribution in [2.75, 3.05) is 33.0 Å². The van der Waals surface area contributed by atoms with Crippen molar-refractivity contribution in [1.82, 2.24) is 10.6 Å². The molecule has 0 aromatic rings. The molecule has 0 aliphatic heterocycles. The second-order valence-corrected chi connectivity index (χ2v) is 6.61. The normalized spacial score (nSPS) is 16.0.